The molecule has 0 aromatic carbocycles. The number of rotatable bonds is 14. The van der Waals surface area contributed by atoms with Gasteiger partial charge in [0.25, 0.3) is 0 Å². The third-order valence-electron chi connectivity index (χ3n) is 3.71. The van der Waals surface area contributed by atoms with Crippen molar-refractivity contribution in [3.05, 3.63) is 0 Å². The molecule has 1 nitrogen and oxygen atoms in total. The summed E-state index contributed by atoms with van der Waals surface area (Å²) in [7, 11) is 3.75. The summed E-state index contributed by atoms with van der Waals surface area (Å²) in [6.07, 6.45) is 21.9. The largest absolute Gasteiger partial charge is 0.323 e. The van der Waals surface area contributed by atoms with Crippen molar-refractivity contribution in [1.29, 1.82) is 0 Å². The molecule has 1 N–H and O–H groups in total. The van der Waals surface area contributed by atoms with E-state index < -0.39 is 0 Å². The zero-order valence-corrected chi connectivity index (χ0v) is 15.1. The lowest BCUT2D eigenvalue weighted by Crippen LogP contribution is -1.89. The van der Waals surface area contributed by atoms with E-state index in [1.807, 2.05) is 14.1 Å². The molecule has 0 rings (SSSR count). The first-order valence-corrected chi connectivity index (χ1v) is 9.41. The van der Waals surface area contributed by atoms with E-state index in [1.165, 1.54) is 96.3 Å². The molecule has 0 saturated carbocycles. The number of nitrogens with one attached hydrogen (secondary N) is 1. The maximum absolute atomic E-state index is 2.75. The summed E-state index contributed by atoms with van der Waals surface area (Å²) in [5.41, 5.74) is 0. The molecule has 0 bridgehead atoms. The first kappa shape index (κ1) is 22.2. The number of hydrogen-bond donors (Lipinski definition) is 1. The van der Waals surface area contributed by atoms with Crippen LogP contribution in [0.1, 0.15) is 110 Å². The lowest BCUT2D eigenvalue weighted by molar-refractivity contribution is 0.534. The van der Waals surface area contributed by atoms with Gasteiger partial charge in [0.1, 0.15) is 0 Å². The molecule has 0 amide bonds. The Hall–Kier alpha value is -0.0400. The molecule has 0 radical (unpaired) electrons. The van der Waals surface area contributed by atoms with E-state index in [1.54, 1.807) is 0 Å². The van der Waals surface area contributed by atoms with Crippen LogP contribution < -0.4 is 5.32 Å². The van der Waals surface area contributed by atoms with Gasteiger partial charge in [-0.2, -0.15) is 0 Å². The van der Waals surface area contributed by atoms with Crippen LogP contribution in [0.2, 0.25) is 0 Å². The monoisotopic (exact) mass is 285 g/mol. The van der Waals surface area contributed by atoms with Gasteiger partial charge >= 0.3 is 0 Å². The van der Waals surface area contributed by atoms with Crippen LogP contribution >= 0.6 is 0 Å². The summed E-state index contributed by atoms with van der Waals surface area (Å²) >= 11 is 0. The van der Waals surface area contributed by atoms with Gasteiger partial charge in [-0.3, -0.25) is 0 Å². The molecule has 0 aliphatic carbocycles. The van der Waals surface area contributed by atoms with Gasteiger partial charge in [-0.15, -0.1) is 0 Å². The molecule has 0 aliphatic heterocycles. The van der Waals surface area contributed by atoms with Crippen LogP contribution in [0.25, 0.3) is 0 Å². The van der Waals surface area contributed by atoms with Gasteiger partial charge < -0.3 is 5.32 Å². The number of hydrogen-bond acceptors (Lipinski definition) is 1. The fraction of sp³-hybridized carbons (Fsp3) is 1.00. The summed E-state index contributed by atoms with van der Waals surface area (Å²) in [5.74, 6) is 0. The molecule has 0 heterocycles. The fourth-order valence-corrected chi connectivity index (χ4v) is 2.44. The predicted octanol–water partition coefficient (Wildman–Crippen LogP) is 6.71. The second-order valence-electron chi connectivity index (χ2n) is 6.10. The van der Waals surface area contributed by atoms with Crippen LogP contribution in [0.5, 0.6) is 0 Å². The van der Waals surface area contributed by atoms with Crippen LogP contribution in [-0.4, -0.2) is 14.1 Å². The van der Waals surface area contributed by atoms with Crippen LogP contribution in [0.4, 0.5) is 0 Å². The average Bonchev–Trinajstić information content (AvgIpc) is 2.45. The lowest BCUT2D eigenvalue weighted by atomic mass is 10.0. The van der Waals surface area contributed by atoms with Crippen molar-refractivity contribution >= 4 is 0 Å². The van der Waals surface area contributed by atoms with E-state index in [0.717, 1.165) is 0 Å². The predicted molar refractivity (Wildman–Crippen MR) is 95.6 cm³/mol. The summed E-state index contributed by atoms with van der Waals surface area (Å²) in [6.45, 7) is 4.58. The molecule has 0 aromatic rings. The Morgan fingerprint density at radius 2 is 0.550 bits per heavy atom. The fourth-order valence-electron chi connectivity index (χ4n) is 2.44. The Morgan fingerprint density at radius 3 is 0.700 bits per heavy atom. The SMILES string of the molecule is CCCCCCCCCCCCCCCCC.CNC. The Bertz CT molecular complexity index is 120. The smallest absolute Gasteiger partial charge is 0.0167 e. The van der Waals surface area contributed by atoms with Crippen LogP contribution in [0, 0.1) is 0 Å². The maximum atomic E-state index is 2.75. The molecular formula is C19H43N. The minimum atomic E-state index is 1.37. The Balaban J connectivity index is 0. The Kier molecular flexibility index (Phi) is 26.7. The van der Waals surface area contributed by atoms with Crippen molar-refractivity contribution in [1.82, 2.24) is 5.32 Å². The van der Waals surface area contributed by atoms with Crippen LogP contribution in [0.3, 0.4) is 0 Å². The van der Waals surface area contributed by atoms with E-state index >= 15 is 0 Å². The third-order valence-corrected chi connectivity index (χ3v) is 3.71. The maximum Gasteiger partial charge on any atom is -0.0167 e. The lowest BCUT2D eigenvalue weighted by Gasteiger charge is -2.02. The minimum Gasteiger partial charge on any atom is -0.323 e. The second-order valence-corrected chi connectivity index (χ2v) is 6.10. The summed E-state index contributed by atoms with van der Waals surface area (Å²) in [6, 6.07) is 0. The standard InChI is InChI=1S/C17H36.C2H7N/c1-3-5-7-9-11-13-15-17-16-14-12-10-8-6-4-2;1-3-2/h3-17H2,1-2H3;3H,1-2H3. The topological polar surface area (TPSA) is 12.0 Å². The highest BCUT2D eigenvalue weighted by Crippen LogP contribution is 2.13. The zero-order chi connectivity index (χ0) is 15.3. The second kappa shape index (κ2) is 24.0. The molecular weight excluding hydrogens is 242 g/mol. The molecule has 0 spiro atoms. The van der Waals surface area contributed by atoms with Crippen molar-refractivity contribution in [3.63, 3.8) is 0 Å². The minimum absolute atomic E-state index is 1.37. The van der Waals surface area contributed by atoms with E-state index in [0.29, 0.717) is 0 Å². The first-order chi connectivity index (χ1) is 9.83. The molecule has 0 saturated heterocycles. The van der Waals surface area contributed by atoms with Gasteiger partial charge in [0.05, 0.1) is 0 Å². The van der Waals surface area contributed by atoms with Gasteiger partial charge in [0, 0.05) is 0 Å². The quantitative estimate of drug-likeness (QED) is 0.350. The summed E-state index contributed by atoms with van der Waals surface area (Å²) in [4.78, 5) is 0. The Morgan fingerprint density at radius 1 is 0.400 bits per heavy atom. The van der Waals surface area contributed by atoms with Crippen LogP contribution in [-0.2, 0) is 0 Å². The molecule has 0 fully saturated rings. The van der Waals surface area contributed by atoms with Crippen molar-refractivity contribution in [2.75, 3.05) is 14.1 Å². The Labute approximate surface area is 130 Å². The molecule has 0 aromatic heterocycles. The zero-order valence-electron chi connectivity index (χ0n) is 15.1. The molecule has 0 unspecified atom stereocenters. The van der Waals surface area contributed by atoms with Crippen molar-refractivity contribution in [2.45, 2.75) is 110 Å². The molecule has 1 heteroatoms. The first-order valence-electron chi connectivity index (χ1n) is 9.41. The van der Waals surface area contributed by atoms with Gasteiger partial charge in [-0.25, -0.2) is 0 Å². The highest BCUT2D eigenvalue weighted by molar-refractivity contribution is 4.48. The summed E-state index contributed by atoms with van der Waals surface area (Å²) in [5, 5.41) is 2.75. The highest BCUT2D eigenvalue weighted by atomic mass is 14.7. The summed E-state index contributed by atoms with van der Waals surface area (Å²) < 4.78 is 0. The van der Waals surface area contributed by atoms with E-state index in [4.69, 9.17) is 0 Å². The normalized spacial score (nSPS) is 10.2. The molecule has 0 aliphatic rings. The average molecular weight is 286 g/mol. The van der Waals surface area contributed by atoms with Crippen molar-refractivity contribution < 1.29 is 0 Å². The van der Waals surface area contributed by atoms with Crippen LogP contribution in [0.15, 0.2) is 0 Å². The molecule has 0 atom stereocenters. The molecule has 124 valence electrons. The third kappa shape index (κ3) is 26.5. The van der Waals surface area contributed by atoms with Crippen molar-refractivity contribution in [3.8, 4) is 0 Å². The molecule has 20 heavy (non-hydrogen) atoms. The van der Waals surface area contributed by atoms with Gasteiger partial charge in [-0.05, 0) is 14.1 Å². The van der Waals surface area contributed by atoms with Gasteiger partial charge in [0.15, 0.2) is 0 Å². The van der Waals surface area contributed by atoms with Gasteiger partial charge in [0.2, 0.25) is 0 Å². The van der Waals surface area contributed by atoms with E-state index in [2.05, 4.69) is 19.2 Å². The van der Waals surface area contributed by atoms with Crippen molar-refractivity contribution in [2.24, 2.45) is 0 Å². The highest BCUT2D eigenvalue weighted by Gasteiger charge is 1.93. The van der Waals surface area contributed by atoms with E-state index in [9.17, 15) is 0 Å². The van der Waals surface area contributed by atoms with Gasteiger partial charge in [-0.1, -0.05) is 110 Å². The van der Waals surface area contributed by atoms with E-state index in [-0.39, 0.29) is 0 Å². The number of unbranched alkanes of at least 4 members (excludes halogenated alkanes) is 14.